The first-order valence-corrected chi connectivity index (χ1v) is 5.48. The fourth-order valence-corrected chi connectivity index (χ4v) is 1.66. The maximum atomic E-state index is 4.08. The highest BCUT2D eigenvalue weighted by molar-refractivity contribution is 9.10. The lowest BCUT2D eigenvalue weighted by molar-refractivity contribution is 0.742. The van der Waals surface area contributed by atoms with Crippen LogP contribution in [-0.4, -0.2) is 25.2 Å². The molecule has 6 heteroatoms. The molecule has 0 aliphatic rings. The van der Waals surface area contributed by atoms with E-state index in [2.05, 4.69) is 43.4 Å². The van der Waals surface area contributed by atoms with E-state index in [1.54, 1.807) is 17.1 Å². The summed E-state index contributed by atoms with van der Waals surface area (Å²) in [5.74, 6) is 0.859. The van der Waals surface area contributed by atoms with E-state index in [4.69, 9.17) is 0 Å². The lowest BCUT2D eigenvalue weighted by Crippen LogP contribution is -2.03. The van der Waals surface area contributed by atoms with Gasteiger partial charge in [0.05, 0.1) is 11.9 Å². The molecule has 5 nitrogen and oxygen atoms in total. The highest BCUT2D eigenvalue weighted by atomic mass is 79.9. The van der Waals surface area contributed by atoms with E-state index in [0.717, 1.165) is 28.8 Å². The molecule has 0 aliphatic carbocycles. The molecule has 0 amide bonds. The maximum Gasteiger partial charge on any atom is 0.156 e. The molecular weight excluding hydrogens is 258 g/mol. The minimum Gasteiger partial charge on any atom is -0.261 e. The number of halogens is 1. The third-order valence-electron chi connectivity index (χ3n) is 1.94. The summed E-state index contributed by atoms with van der Waals surface area (Å²) < 4.78 is 2.62. The molecule has 0 bridgehead atoms. The second-order valence-corrected chi connectivity index (χ2v) is 4.03. The highest BCUT2D eigenvalue weighted by Gasteiger charge is 2.07. The van der Waals surface area contributed by atoms with E-state index < -0.39 is 0 Å². The van der Waals surface area contributed by atoms with Crippen LogP contribution in [-0.2, 0) is 6.42 Å². The Morgan fingerprint density at radius 1 is 1.40 bits per heavy atom. The summed E-state index contributed by atoms with van der Waals surface area (Å²) in [5, 5.41) is 11.6. The van der Waals surface area contributed by atoms with Crippen LogP contribution < -0.4 is 0 Å². The van der Waals surface area contributed by atoms with Crippen LogP contribution in [0.3, 0.4) is 0 Å². The SMILES string of the molecule is CCCc1nnnn1-c1cncc(Br)c1. The van der Waals surface area contributed by atoms with Gasteiger partial charge in [-0.05, 0) is 38.8 Å². The number of hydrogen-bond donors (Lipinski definition) is 0. The van der Waals surface area contributed by atoms with Crippen LogP contribution in [0.15, 0.2) is 22.9 Å². The summed E-state index contributed by atoms with van der Waals surface area (Å²) in [6.07, 6.45) is 5.34. The lowest BCUT2D eigenvalue weighted by Gasteiger charge is -2.02. The standard InChI is InChI=1S/C9H10BrN5/c1-2-3-9-12-13-14-15(9)8-4-7(10)5-11-6-8/h4-6H,2-3H2,1H3. The first-order valence-electron chi connectivity index (χ1n) is 4.69. The first kappa shape index (κ1) is 10.2. The van der Waals surface area contributed by atoms with Gasteiger partial charge in [-0.25, -0.2) is 0 Å². The predicted molar refractivity (Wildman–Crippen MR) is 58.6 cm³/mol. The molecule has 2 heterocycles. The number of pyridine rings is 1. The molecule has 0 fully saturated rings. The molecule has 2 aromatic heterocycles. The predicted octanol–water partition coefficient (Wildman–Crippen LogP) is 1.77. The second-order valence-electron chi connectivity index (χ2n) is 3.12. The molecule has 0 N–H and O–H groups in total. The zero-order valence-corrected chi connectivity index (χ0v) is 9.85. The third kappa shape index (κ3) is 2.20. The number of hydrogen-bond acceptors (Lipinski definition) is 4. The van der Waals surface area contributed by atoms with Gasteiger partial charge in [-0.3, -0.25) is 4.98 Å². The normalized spacial score (nSPS) is 10.5. The number of tetrazole rings is 1. The monoisotopic (exact) mass is 267 g/mol. The summed E-state index contributed by atoms with van der Waals surface area (Å²) in [5.41, 5.74) is 0.873. The van der Waals surface area contributed by atoms with Crippen LogP contribution in [0.2, 0.25) is 0 Å². The van der Waals surface area contributed by atoms with E-state index in [1.165, 1.54) is 0 Å². The van der Waals surface area contributed by atoms with E-state index in [-0.39, 0.29) is 0 Å². The Kier molecular flexibility index (Phi) is 3.05. The summed E-state index contributed by atoms with van der Waals surface area (Å²) in [6.45, 7) is 2.10. The molecule has 0 atom stereocenters. The van der Waals surface area contributed by atoms with Crippen LogP contribution in [0.25, 0.3) is 5.69 Å². The van der Waals surface area contributed by atoms with Crippen molar-refractivity contribution in [3.8, 4) is 5.69 Å². The topological polar surface area (TPSA) is 56.5 Å². The zero-order valence-electron chi connectivity index (χ0n) is 8.26. The average Bonchev–Trinajstić information content (AvgIpc) is 2.66. The summed E-state index contributed by atoms with van der Waals surface area (Å²) in [4.78, 5) is 4.08. The maximum absolute atomic E-state index is 4.08. The van der Waals surface area contributed by atoms with Gasteiger partial charge in [0.1, 0.15) is 0 Å². The Morgan fingerprint density at radius 3 is 3.00 bits per heavy atom. The molecule has 0 radical (unpaired) electrons. The van der Waals surface area contributed by atoms with Gasteiger partial charge in [0.15, 0.2) is 5.82 Å². The minimum absolute atomic E-state index is 0.859. The van der Waals surface area contributed by atoms with Gasteiger partial charge in [0, 0.05) is 17.1 Å². The zero-order chi connectivity index (χ0) is 10.7. The highest BCUT2D eigenvalue weighted by Crippen LogP contribution is 2.13. The van der Waals surface area contributed by atoms with E-state index in [0.29, 0.717) is 0 Å². The van der Waals surface area contributed by atoms with Gasteiger partial charge in [0.25, 0.3) is 0 Å². The number of aromatic nitrogens is 5. The molecule has 0 spiro atoms. The van der Waals surface area contributed by atoms with Crippen LogP contribution >= 0.6 is 15.9 Å². The van der Waals surface area contributed by atoms with Gasteiger partial charge in [-0.2, -0.15) is 4.68 Å². The molecule has 0 aromatic carbocycles. The average molecular weight is 268 g/mol. The molecule has 2 rings (SSSR count). The van der Waals surface area contributed by atoms with Gasteiger partial charge >= 0.3 is 0 Å². The van der Waals surface area contributed by atoms with Crippen LogP contribution in [0.4, 0.5) is 0 Å². The van der Waals surface area contributed by atoms with Crippen molar-refractivity contribution in [2.24, 2.45) is 0 Å². The van der Waals surface area contributed by atoms with Crippen molar-refractivity contribution in [3.63, 3.8) is 0 Å². The molecule has 0 aliphatic heterocycles. The number of rotatable bonds is 3. The van der Waals surface area contributed by atoms with E-state index in [1.807, 2.05) is 6.07 Å². The third-order valence-corrected chi connectivity index (χ3v) is 2.38. The smallest absolute Gasteiger partial charge is 0.156 e. The Bertz CT molecular complexity index is 453. The summed E-state index contributed by atoms with van der Waals surface area (Å²) in [7, 11) is 0. The van der Waals surface area contributed by atoms with Crippen molar-refractivity contribution in [2.75, 3.05) is 0 Å². The Morgan fingerprint density at radius 2 is 2.27 bits per heavy atom. The van der Waals surface area contributed by atoms with Crippen molar-refractivity contribution in [3.05, 3.63) is 28.8 Å². The molecule has 15 heavy (non-hydrogen) atoms. The van der Waals surface area contributed by atoms with Gasteiger partial charge in [0.2, 0.25) is 0 Å². The number of aryl methyl sites for hydroxylation is 1. The van der Waals surface area contributed by atoms with Crippen molar-refractivity contribution in [1.29, 1.82) is 0 Å². The van der Waals surface area contributed by atoms with Crippen molar-refractivity contribution < 1.29 is 0 Å². The van der Waals surface area contributed by atoms with Gasteiger partial charge in [-0.15, -0.1) is 5.10 Å². The lowest BCUT2D eigenvalue weighted by atomic mass is 10.3. The second kappa shape index (κ2) is 4.48. The fourth-order valence-electron chi connectivity index (χ4n) is 1.30. The Hall–Kier alpha value is -1.30. The van der Waals surface area contributed by atoms with Crippen molar-refractivity contribution in [1.82, 2.24) is 25.2 Å². The van der Waals surface area contributed by atoms with Gasteiger partial charge < -0.3 is 0 Å². The van der Waals surface area contributed by atoms with Crippen LogP contribution in [0.1, 0.15) is 19.2 Å². The quantitative estimate of drug-likeness (QED) is 0.851. The molecular formula is C9H10BrN5. The van der Waals surface area contributed by atoms with Gasteiger partial charge in [-0.1, -0.05) is 6.92 Å². The van der Waals surface area contributed by atoms with Crippen molar-refractivity contribution in [2.45, 2.75) is 19.8 Å². The summed E-state index contributed by atoms with van der Waals surface area (Å²) >= 11 is 3.37. The molecule has 0 unspecified atom stereocenters. The molecule has 0 saturated carbocycles. The summed E-state index contributed by atoms with van der Waals surface area (Å²) in [6, 6.07) is 1.93. The molecule has 2 aromatic rings. The largest absolute Gasteiger partial charge is 0.261 e. The van der Waals surface area contributed by atoms with Crippen LogP contribution in [0.5, 0.6) is 0 Å². The van der Waals surface area contributed by atoms with E-state index in [9.17, 15) is 0 Å². The van der Waals surface area contributed by atoms with Crippen molar-refractivity contribution >= 4 is 15.9 Å². The van der Waals surface area contributed by atoms with Crippen LogP contribution in [0, 0.1) is 0 Å². The minimum atomic E-state index is 0.859. The Balaban J connectivity index is 2.40. The molecule has 78 valence electrons. The first-order chi connectivity index (χ1) is 7.31. The Labute approximate surface area is 95.7 Å². The number of nitrogens with zero attached hydrogens (tertiary/aromatic N) is 5. The van der Waals surface area contributed by atoms with E-state index >= 15 is 0 Å². The molecule has 0 saturated heterocycles. The fraction of sp³-hybridized carbons (Fsp3) is 0.333.